The van der Waals surface area contributed by atoms with E-state index in [1.807, 2.05) is 64.4 Å². The number of aryl methyl sites for hydroxylation is 1. The zero-order valence-electron chi connectivity index (χ0n) is 24.5. The molecule has 1 aliphatic rings. The molecule has 0 aromatic carbocycles. The van der Waals surface area contributed by atoms with E-state index in [0.29, 0.717) is 17.4 Å². The summed E-state index contributed by atoms with van der Waals surface area (Å²) in [6.07, 6.45) is 18.8. The molecule has 7 heteroatoms. The van der Waals surface area contributed by atoms with Crippen molar-refractivity contribution in [3.63, 3.8) is 0 Å². The molecule has 0 aliphatic heterocycles. The Hall–Kier alpha value is -4.78. The van der Waals surface area contributed by atoms with Crippen molar-refractivity contribution < 1.29 is 0 Å². The predicted molar refractivity (Wildman–Crippen MR) is 171 cm³/mol. The number of hydrogen-bond donors (Lipinski definition) is 3. The van der Waals surface area contributed by atoms with Crippen LogP contribution in [0.25, 0.3) is 33.7 Å². The minimum Gasteiger partial charge on any atom is -0.359 e. The fraction of sp³-hybridized carbons (Fsp3) is 0.235. The average molecular weight is 546 g/mol. The van der Waals surface area contributed by atoms with Crippen LogP contribution in [0.2, 0.25) is 0 Å². The van der Waals surface area contributed by atoms with E-state index < -0.39 is 0 Å². The summed E-state index contributed by atoms with van der Waals surface area (Å²) >= 11 is 0. The lowest BCUT2D eigenvalue weighted by Crippen LogP contribution is -2.23. The minimum atomic E-state index is 0.538. The maximum atomic E-state index is 4.96. The summed E-state index contributed by atoms with van der Waals surface area (Å²) in [5, 5.41) is 11.9. The molecule has 4 aromatic rings. The summed E-state index contributed by atoms with van der Waals surface area (Å²) in [5.41, 5.74) is 9.01. The monoisotopic (exact) mass is 545 g/mol. The van der Waals surface area contributed by atoms with Crippen LogP contribution in [-0.4, -0.2) is 30.1 Å². The molecule has 210 valence electrons. The second-order valence-corrected chi connectivity index (χ2v) is 9.64. The number of hydrogen-bond acceptors (Lipinski definition) is 5. The van der Waals surface area contributed by atoms with E-state index in [9.17, 15) is 0 Å². The molecule has 0 radical (unpaired) electrons. The van der Waals surface area contributed by atoms with Crippen LogP contribution < -0.4 is 5.32 Å². The maximum absolute atomic E-state index is 4.96. The van der Waals surface area contributed by atoms with Gasteiger partial charge in [0.15, 0.2) is 11.5 Å². The fourth-order valence-corrected chi connectivity index (χ4v) is 4.72. The Balaban J connectivity index is 0.00000189. The molecule has 7 nitrogen and oxygen atoms in total. The first-order valence-electron chi connectivity index (χ1n) is 14.1. The van der Waals surface area contributed by atoms with E-state index >= 15 is 0 Å². The SMILES string of the molecule is C=C/C=C(/c1cccnc1)c1nc(-c2[nH]nc3ncc(C(/C=C(\C=C)NC(=C)C4CCC4)=C/C)cc23)[nH]c1C.CC. The van der Waals surface area contributed by atoms with Crippen molar-refractivity contribution in [2.45, 2.75) is 47.0 Å². The number of imidazole rings is 1. The van der Waals surface area contributed by atoms with Gasteiger partial charge in [0.2, 0.25) is 0 Å². The van der Waals surface area contributed by atoms with Crippen LogP contribution in [-0.2, 0) is 0 Å². The van der Waals surface area contributed by atoms with Crippen molar-refractivity contribution in [2.24, 2.45) is 5.92 Å². The van der Waals surface area contributed by atoms with Gasteiger partial charge >= 0.3 is 0 Å². The largest absolute Gasteiger partial charge is 0.359 e. The van der Waals surface area contributed by atoms with Crippen molar-refractivity contribution in [2.75, 3.05) is 0 Å². The van der Waals surface area contributed by atoms with Gasteiger partial charge in [0.05, 0.1) is 11.1 Å². The van der Waals surface area contributed by atoms with Crippen LogP contribution in [0.5, 0.6) is 0 Å². The van der Waals surface area contributed by atoms with Gasteiger partial charge in [-0.1, -0.05) is 64.3 Å². The molecule has 3 N–H and O–H groups in total. The first-order valence-corrected chi connectivity index (χ1v) is 14.1. The second kappa shape index (κ2) is 13.5. The van der Waals surface area contributed by atoms with Gasteiger partial charge in [-0.15, -0.1) is 0 Å². The number of nitrogens with zero attached hydrogens (tertiary/aromatic N) is 4. The number of aromatic amines is 2. The number of fused-ring (bicyclic) bond motifs is 1. The van der Waals surface area contributed by atoms with E-state index in [4.69, 9.17) is 4.98 Å². The standard InChI is InChI=1S/C32H33N7.C2H6/c1-6-11-27(24-14-10-15-33-18-24)29-21(5)36-32(37-29)30-28-17-25(19-34-31(28)39-38-30)22(7-2)16-26(8-3)35-20(4)23-12-9-13-23;1-2/h6-8,10-11,14-19,23,35H,1,3-4,9,12-13H2,2,5H3,(H,36,37)(H,34,38,39);1-2H3/b22-7+,26-16+,27-11-;. The Kier molecular flexibility index (Phi) is 9.64. The summed E-state index contributed by atoms with van der Waals surface area (Å²) in [6, 6.07) is 6.01. The first kappa shape index (κ1) is 29.2. The molecule has 5 rings (SSSR count). The van der Waals surface area contributed by atoms with Gasteiger partial charge in [-0.3, -0.25) is 10.1 Å². The summed E-state index contributed by atoms with van der Waals surface area (Å²) in [7, 11) is 0. The Labute approximate surface area is 242 Å². The number of H-pyrrole nitrogens is 2. The van der Waals surface area contributed by atoms with E-state index in [1.54, 1.807) is 12.3 Å². The number of pyridine rings is 2. The van der Waals surface area contributed by atoms with Crippen LogP contribution in [0.15, 0.2) is 98.3 Å². The molecule has 0 amide bonds. The molecule has 1 fully saturated rings. The lowest BCUT2D eigenvalue weighted by molar-refractivity contribution is 0.356. The zero-order valence-corrected chi connectivity index (χ0v) is 24.5. The highest BCUT2D eigenvalue weighted by atomic mass is 15.2. The van der Waals surface area contributed by atoms with E-state index in [0.717, 1.165) is 56.1 Å². The quantitative estimate of drug-likeness (QED) is 0.175. The molecule has 0 atom stereocenters. The molecule has 1 aliphatic carbocycles. The predicted octanol–water partition coefficient (Wildman–Crippen LogP) is 8.07. The summed E-state index contributed by atoms with van der Waals surface area (Å²) < 4.78 is 0. The van der Waals surface area contributed by atoms with Gasteiger partial charge in [0.1, 0.15) is 5.69 Å². The molecule has 41 heavy (non-hydrogen) atoms. The molecular formula is C34H39N7. The Morgan fingerprint density at radius 1 is 1.15 bits per heavy atom. The second-order valence-electron chi connectivity index (χ2n) is 9.64. The van der Waals surface area contributed by atoms with Crippen LogP contribution in [0.4, 0.5) is 0 Å². The van der Waals surface area contributed by atoms with Gasteiger partial charge in [-0.05, 0) is 62.5 Å². The number of allylic oxidation sites excluding steroid dienone is 7. The van der Waals surface area contributed by atoms with Crippen LogP contribution in [0.1, 0.15) is 62.5 Å². The molecule has 0 saturated heterocycles. The molecule has 1 saturated carbocycles. The number of nitrogens with one attached hydrogen (secondary N) is 3. The van der Waals surface area contributed by atoms with Gasteiger partial charge in [-0.2, -0.15) is 5.10 Å². The van der Waals surface area contributed by atoms with Gasteiger partial charge < -0.3 is 10.3 Å². The van der Waals surface area contributed by atoms with Crippen molar-refractivity contribution in [1.29, 1.82) is 0 Å². The number of aromatic nitrogens is 6. The third-order valence-electron chi connectivity index (χ3n) is 7.12. The molecule has 4 heterocycles. The highest BCUT2D eigenvalue weighted by Gasteiger charge is 2.21. The van der Waals surface area contributed by atoms with Crippen molar-refractivity contribution in [1.82, 2.24) is 35.5 Å². The Morgan fingerprint density at radius 3 is 2.59 bits per heavy atom. The fourth-order valence-electron chi connectivity index (χ4n) is 4.72. The van der Waals surface area contributed by atoms with E-state index in [1.165, 1.54) is 19.3 Å². The number of rotatable bonds is 10. The molecular weight excluding hydrogens is 506 g/mol. The molecule has 0 spiro atoms. The smallest absolute Gasteiger partial charge is 0.181 e. The van der Waals surface area contributed by atoms with Crippen molar-refractivity contribution in [3.8, 4) is 11.5 Å². The normalized spacial score (nSPS) is 14.2. The van der Waals surface area contributed by atoms with Gasteiger partial charge in [-0.25, -0.2) is 9.97 Å². The first-order chi connectivity index (χ1) is 20.0. The zero-order chi connectivity index (χ0) is 29.4. The van der Waals surface area contributed by atoms with Gasteiger partial charge in [0.25, 0.3) is 0 Å². The highest BCUT2D eigenvalue weighted by molar-refractivity contribution is 5.92. The minimum absolute atomic E-state index is 0.538. The maximum Gasteiger partial charge on any atom is 0.181 e. The van der Waals surface area contributed by atoms with E-state index in [2.05, 4.69) is 68.4 Å². The lowest BCUT2D eigenvalue weighted by atomic mass is 9.83. The average Bonchev–Trinajstić information content (AvgIpc) is 3.57. The van der Waals surface area contributed by atoms with Crippen LogP contribution >= 0.6 is 0 Å². The van der Waals surface area contributed by atoms with Gasteiger partial charge in [0, 0.05) is 52.4 Å². The molecule has 4 aromatic heterocycles. The third kappa shape index (κ3) is 6.35. The van der Waals surface area contributed by atoms with Crippen molar-refractivity contribution in [3.05, 3.63) is 121 Å². The van der Waals surface area contributed by atoms with Crippen LogP contribution in [0, 0.1) is 12.8 Å². The lowest BCUT2D eigenvalue weighted by Gasteiger charge is -2.28. The Morgan fingerprint density at radius 2 is 1.95 bits per heavy atom. The highest BCUT2D eigenvalue weighted by Crippen LogP contribution is 2.33. The molecule has 0 bridgehead atoms. The third-order valence-corrected chi connectivity index (χ3v) is 7.12. The van der Waals surface area contributed by atoms with E-state index in [-0.39, 0.29) is 0 Å². The summed E-state index contributed by atoms with van der Waals surface area (Å²) in [5.74, 6) is 1.22. The molecule has 0 unspecified atom stereocenters. The summed E-state index contributed by atoms with van der Waals surface area (Å²) in [6.45, 7) is 20.1. The topological polar surface area (TPSA) is 95.2 Å². The van der Waals surface area contributed by atoms with Crippen molar-refractivity contribution >= 4 is 22.2 Å². The van der Waals surface area contributed by atoms with Crippen LogP contribution in [0.3, 0.4) is 0 Å². The summed E-state index contributed by atoms with van der Waals surface area (Å²) in [4.78, 5) is 17.3. The Bertz CT molecular complexity index is 1630.